The number of thioether (sulfide) groups is 1. The molecule has 0 aliphatic rings. The summed E-state index contributed by atoms with van der Waals surface area (Å²) < 4.78 is 26.2. The number of thiazole rings is 1. The normalized spacial score (nSPS) is 10.9. The SMILES string of the molecule is Cc1nc(-c2cccs2)sc1-c1ccc(SCC(=O)Nc2ccc(F)c(F)c2)nn1. The van der Waals surface area contributed by atoms with Crippen LogP contribution in [0.5, 0.6) is 0 Å². The molecule has 0 bridgehead atoms. The maximum absolute atomic E-state index is 13.2. The van der Waals surface area contributed by atoms with Crippen LogP contribution in [-0.4, -0.2) is 26.8 Å². The minimum Gasteiger partial charge on any atom is -0.325 e. The van der Waals surface area contributed by atoms with Gasteiger partial charge in [-0.15, -0.1) is 32.9 Å². The van der Waals surface area contributed by atoms with Crippen LogP contribution in [0.2, 0.25) is 0 Å². The van der Waals surface area contributed by atoms with Crippen molar-refractivity contribution in [3.8, 4) is 20.5 Å². The zero-order chi connectivity index (χ0) is 21.1. The minimum atomic E-state index is -1.01. The molecule has 1 amide bonds. The zero-order valence-corrected chi connectivity index (χ0v) is 18.0. The minimum absolute atomic E-state index is 0.0646. The van der Waals surface area contributed by atoms with Crippen LogP contribution >= 0.6 is 34.4 Å². The number of thiophene rings is 1. The fraction of sp³-hybridized carbons (Fsp3) is 0.100. The van der Waals surface area contributed by atoms with Crippen LogP contribution in [0.3, 0.4) is 0 Å². The summed E-state index contributed by atoms with van der Waals surface area (Å²) in [6.45, 7) is 1.94. The highest BCUT2D eigenvalue weighted by Crippen LogP contribution is 2.36. The number of carbonyl (C=O) groups excluding carboxylic acids is 1. The standard InChI is InChI=1S/C20H14F2N4OS3/c1-11-19(30-20(23-11)16-3-2-8-28-16)15-6-7-18(26-25-15)29-10-17(27)24-12-4-5-13(21)14(22)9-12/h2-9H,10H2,1H3,(H,24,27). The third-order valence-electron chi connectivity index (χ3n) is 3.96. The highest BCUT2D eigenvalue weighted by molar-refractivity contribution is 7.99. The molecule has 0 radical (unpaired) electrons. The van der Waals surface area contributed by atoms with Gasteiger partial charge in [-0.3, -0.25) is 4.79 Å². The number of amides is 1. The number of nitrogens with one attached hydrogen (secondary N) is 1. The monoisotopic (exact) mass is 460 g/mol. The molecule has 152 valence electrons. The lowest BCUT2D eigenvalue weighted by Gasteiger charge is -2.05. The molecule has 3 aromatic heterocycles. The summed E-state index contributed by atoms with van der Waals surface area (Å²) in [5.41, 5.74) is 1.82. The first-order valence-electron chi connectivity index (χ1n) is 8.73. The van der Waals surface area contributed by atoms with Crippen molar-refractivity contribution in [1.29, 1.82) is 0 Å². The number of halogens is 2. The first-order valence-corrected chi connectivity index (χ1v) is 11.4. The van der Waals surface area contributed by atoms with Crippen molar-refractivity contribution in [1.82, 2.24) is 15.2 Å². The summed E-state index contributed by atoms with van der Waals surface area (Å²) in [6, 6.07) is 10.9. The Hall–Kier alpha value is -2.69. The van der Waals surface area contributed by atoms with Crippen LogP contribution in [0.25, 0.3) is 20.5 Å². The summed E-state index contributed by atoms with van der Waals surface area (Å²) >= 11 is 4.41. The van der Waals surface area contributed by atoms with Gasteiger partial charge in [0.05, 0.1) is 21.2 Å². The molecule has 0 atom stereocenters. The molecule has 1 N–H and O–H groups in total. The van der Waals surface area contributed by atoms with E-state index in [-0.39, 0.29) is 17.3 Å². The maximum Gasteiger partial charge on any atom is 0.234 e. The second-order valence-corrected chi connectivity index (χ2v) is 9.08. The van der Waals surface area contributed by atoms with Crippen molar-refractivity contribution in [3.05, 3.63) is 65.2 Å². The Bertz CT molecular complexity index is 1180. The molecule has 0 saturated carbocycles. The number of aromatic nitrogens is 3. The maximum atomic E-state index is 13.2. The van der Waals surface area contributed by atoms with Gasteiger partial charge in [0.2, 0.25) is 5.91 Å². The van der Waals surface area contributed by atoms with Gasteiger partial charge in [0.15, 0.2) is 11.6 Å². The van der Waals surface area contributed by atoms with E-state index >= 15 is 0 Å². The van der Waals surface area contributed by atoms with Crippen LogP contribution in [0.15, 0.2) is 52.9 Å². The van der Waals surface area contributed by atoms with E-state index in [0.717, 1.165) is 38.3 Å². The highest BCUT2D eigenvalue weighted by atomic mass is 32.2. The van der Waals surface area contributed by atoms with E-state index in [2.05, 4.69) is 20.5 Å². The average Bonchev–Trinajstić information content (AvgIpc) is 3.39. The van der Waals surface area contributed by atoms with Crippen LogP contribution in [0.4, 0.5) is 14.5 Å². The molecular formula is C20H14F2N4OS3. The van der Waals surface area contributed by atoms with Gasteiger partial charge in [-0.05, 0) is 42.6 Å². The molecule has 0 fully saturated rings. The number of rotatable bonds is 6. The third kappa shape index (κ3) is 4.72. The Kier molecular flexibility index (Phi) is 6.16. The number of nitrogens with zero attached hydrogens (tertiary/aromatic N) is 3. The highest BCUT2D eigenvalue weighted by Gasteiger charge is 2.14. The number of benzene rings is 1. The fourth-order valence-electron chi connectivity index (χ4n) is 2.57. The van der Waals surface area contributed by atoms with Crippen molar-refractivity contribution < 1.29 is 13.6 Å². The van der Waals surface area contributed by atoms with Gasteiger partial charge in [-0.1, -0.05) is 17.8 Å². The number of hydrogen-bond donors (Lipinski definition) is 1. The number of carbonyl (C=O) groups is 1. The lowest BCUT2D eigenvalue weighted by atomic mass is 10.3. The fourth-order valence-corrected chi connectivity index (χ4v) is 5.01. The Morgan fingerprint density at radius 3 is 2.70 bits per heavy atom. The predicted octanol–water partition coefficient (Wildman–Crippen LogP) is 5.65. The summed E-state index contributed by atoms with van der Waals surface area (Å²) in [4.78, 5) is 18.7. The lowest BCUT2D eigenvalue weighted by molar-refractivity contribution is -0.113. The molecule has 0 spiro atoms. The molecule has 4 rings (SSSR count). The molecule has 5 nitrogen and oxygen atoms in total. The number of aryl methyl sites for hydroxylation is 1. The average molecular weight is 461 g/mol. The van der Waals surface area contributed by atoms with Gasteiger partial charge >= 0.3 is 0 Å². The van der Waals surface area contributed by atoms with Crippen molar-refractivity contribution in [3.63, 3.8) is 0 Å². The molecule has 1 aromatic carbocycles. The van der Waals surface area contributed by atoms with Gasteiger partial charge in [0.1, 0.15) is 15.7 Å². The number of anilines is 1. The van der Waals surface area contributed by atoms with E-state index in [1.165, 1.54) is 17.8 Å². The summed E-state index contributed by atoms with van der Waals surface area (Å²) in [6.07, 6.45) is 0. The van der Waals surface area contributed by atoms with E-state index in [4.69, 9.17) is 0 Å². The Morgan fingerprint density at radius 2 is 2.00 bits per heavy atom. The van der Waals surface area contributed by atoms with E-state index < -0.39 is 11.6 Å². The molecule has 0 saturated heterocycles. The van der Waals surface area contributed by atoms with E-state index in [1.807, 2.05) is 30.5 Å². The van der Waals surface area contributed by atoms with Crippen LogP contribution in [0, 0.1) is 18.6 Å². The van der Waals surface area contributed by atoms with Crippen LogP contribution < -0.4 is 5.32 Å². The molecule has 0 aliphatic carbocycles. The van der Waals surface area contributed by atoms with Crippen LogP contribution in [0.1, 0.15) is 5.69 Å². The second kappa shape index (κ2) is 8.99. The van der Waals surface area contributed by atoms with E-state index in [0.29, 0.717) is 5.03 Å². The predicted molar refractivity (Wildman–Crippen MR) is 117 cm³/mol. The molecule has 0 aliphatic heterocycles. The second-order valence-electron chi connectivity index (χ2n) is 6.13. The topological polar surface area (TPSA) is 67.8 Å². The Morgan fingerprint density at radius 1 is 1.13 bits per heavy atom. The van der Waals surface area contributed by atoms with Gasteiger partial charge in [-0.25, -0.2) is 13.8 Å². The summed E-state index contributed by atoms with van der Waals surface area (Å²) in [5.74, 6) is -2.26. The van der Waals surface area contributed by atoms with Gasteiger partial charge in [-0.2, -0.15) is 0 Å². The lowest BCUT2D eigenvalue weighted by Crippen LogP contribution is -2.14. The van der Waals surface area contributed by atoms with Crippen molar-refractivity contribution >= 4 is 46.0 Å². The molecule has 0 unspecified atom stereocenters. The first-order chi connectivity index (χ1) is 14.5. The summed E-state index contributed by atoms with van der Waals surface area (Å²) in [7, 11) is 0. The zero-order valence-electron chi connectivity index (χ0n) is 15.6. The van der Waals surface area contributed by atoms with E-state index in [9.17, 15) is 13.6 Å². The molecule has 10 heteroatoms. The largest absolute Gasteiger partial charge is 0.325 e. The van der Waals surface area contributed by atoms with Gasteiger partial charge in [0, 0.05) is 11.8 Å². The van der Waals surface area contributed by atoms with Crippen molar-refractivity contribution in [2.24, 2.45) is 0 Å². The van der Waals surface area contributed by atoms with Gasteiger partial charge in [0.25, 0.3) is 0 Å². The molecule has 4 aromatic rings. The van der Waals surface area contributed by atoms with Gasteiger partial charge < -0.3 is 5.32 Å². The van der Waals surface area contributed by atoms with Crippen LogP contribution in [-0.2, 0) is 4.79 Å². The molecule has 3 heterocycles. The van der Waals surface area contributed by atoms with E-state index in [1.54, 1.807) is 28.7 Å². The molecule has 30 heavy (non-hydrogen) atoms. The number of hydrogen-bond acceptors (Lipinski definition) is 7. The van der Waals surface area contributed by atoms with Crippen molar-refractivity contribution in [2.75, 3.05) is 11.1 Å². The Labute approximate surface area is 183 Å². The van der Waals surface area contributed by atoms with Crippen molar-refractivity contribution in [2.45, 2.75) is 11.9 Å². The summed E-state index contributed by atoms with van der Waals surface area (Å²) in [5, 5.41) is 14.5. The first kappa shape index (κ1) is 20.6. The molecular weight excluding hydrogens is 446 g/mol. The quantitative estimate of drug-likeness (QED) is 0.377. The third-order valence-corrected chi connectivity index (χ3v) is 7.09. The Balaban J connectivity index is 1.38. The smallest absolute Gasteiger partial charge is 0.234 e.